The molecule has 3 rings (SSSR count). The molecule has 160 valence electrons. The van der Waals surface area contributed by atoms with E-state index in [2.05, 4.69) is 6.07 Å². The number of sulfonamides is 1. The second-order valence-corrected chi connectivity index (χ2v) is 9.40. The van der Waals surface area contributed by atoms with Crippen LogP contribution in [0.2, 0.25) is 0 Å². The Hall–Kier alpha value is -2.91. The van der Waals surface area contributed by atoms with Crippen LogP contribution < -0.4 is 5.73 Å². The molecule has 30 heavy (non-hydrogen) atoms. The molecule has 0 unspecified atom stereocenters. The van der Waals surface area contributed by atoms with Gasteiger partial charge in [0.25, 0.3) is 5.91 Å². The highest BCUT2D eigenvalue weighted by atomic mass is 32.2. The SMILES string of the molecule is Cc1ccc(/C=C/C(=O)N2CCN(S(=O)(=O)c3cc(C(N)=O)n(C)c3)CC2)c(C)c1. The van der Waals surface area contributed by atoms with Gasteiger partial charge in [-0.15, -0.1) is 0 Å². The molecule has 1 aromatic heterocycles. The van der Waals surface area contributed by atoms with Crippen molar-refractivity contribution in [3.63, 3.8) is 0 Å². The number of carbonyl (C=O) groups excluding carboxylic acids is 2. The summed E-state index contributed by atoms with van der Waals surface area (Å²) in [5.74, 6) is -0.840. The summed E-state index contributed by atoms with van der Waals surface area (Å²) in [6, 6.07) is 7.30. The van der Waals surface area contributed by atoms with Gasteiger partial charge >= 0.3 is 0 Å². The van der Waals surface area contributed by atoms with Crippen molar-refractivity contribution >= 4 is 27.9 Å². The van der Waals surface area contributed by atoms with Gasteiger partial charge in [0.15, 0.2) is 0 Å². The normalized spacial score (nSPS) is 15.6. The highest BCUT2D eigenvalue weighted by molar-refractivity contribution is 7.89. The van der Waals surface area contributed by atoms with Crippen molar-refractivity contribution in [2.45, 2.75) is 18.7 Å². The molecule has 1 aromatic carbocycles. The number of nitrogens with two attached hydrogens (primary N) is 1. The van der Waals surface area contributed by atoms with Gasteiger partial charge in [-0.25, -0.2) is 8.42 Å². The third kappa shape index (κ3) is 4.47. The lowest BCUT2D eigenvalue weighted by atomic mass is 10.1. The Morgan fingerprint density at radius 3 is 2.30 bits per heavy atom. The average Bonchev–Trinajstić information content (AvgIpc) is 3.10. The molecule has 8 nitrogen and oxygen atoms in total. The lowest BCUT2D eigenvalue weighted by Gasteiger charge is -2.33. The molecule has 1 saturated heterocycles. The molecule has 2 heterocycles. The van der Waals surface area contributed by atoms with E-state index in [-0.39, 0.29) is 29.6 Å². The molecular weight excluding hydrogens is 404 g/mol. The zero-order valence-electron chi connectivity index (χ0n) is 17.3. The Morgan fingerprint density at radius 1 is 1.07 bits per heavy atom. The fourth-order valence-electron chi connectivity index (χ4n) is 3.50. The van der Waals surface area contributed by atoms with Crippen LogP contribution in [0.4, 0.5) is 0 Å². The van der Waals surface area contributed by atoms with Crippen LogP contribution in [0.15, 0.2) is 41.4 Å². The fraction of sp³-hybridized carbons (Fsp3) is 0.333. The maximum absolute atomic E-state index is 12.9. The van der Waals surface area contributed by atoms with Crippen molar-refractivity contribution in [1.29, 1.82) is 0 Å². The van der Waals surface area contributed by atoms with Crippen LogP contribution in [0, 0.1) is 13.8 Å². The molecule has 0 spiro atoms. The Bertz CT molecular complexity index is 1110. The van der Waals surface area contributed by atoms with E-state index in [9.17, 15) is 18.0 Å². The highest BCUT2D eigenvalue weighted by Crippen LogP contribution is 2.20. The zero-order valence-corrected chi connectivity index (χ0v) is 18.1. The predicted octanol–water partition coefficient (Wildman–Crippen LogP) is 1.29. The van der Waals surface area contributed by atoms with Gasteiger partial charge in [-0.05, 0) is 37.1 Å². The third-order valence-corrected chi connectivity index (χ3v) is 7.12. The van der Waals surface area contributed by atoms with E-state index < -0.39 is 15.9 Å². The van der Waals surface area contributed by atoms with Gasteiger partial charge < -0.3 is 15.2 Å². The lowest BCUT2D eigenvalue weighted by Crippen LogP contribution is -2.50. The Labute approximate surface area is 176 Å². The van der Waals surface area contributed by atoms with Crippen LogP contribution in [-0.4, -0.2) is 60.2 Å². The van der Waals surface area contributed by atoms with E-state index in [1.54, 1.807) is 18.0 Å². The smallest absolute Gasteiger partial charge is 0.265 e. The van der Waals surface area contributed by atoms with Crippen LogP contribution in [-0.2, 0) is 21.9 Å². The zero-order chi connectivity index (χ0) is 22.1. The number of nitrogens with zero attached hydrogens (tertiary/aromatic N) is 3. The molecule has 0 saturated carbocycles. The molecule has 0 atom stereocenters. The Kier molecular flexibility index (Phi) is 6.14. The summed E-state index contributed by atoms with van der Waals surface area (Å²) in [6.07, 6.45) is 4.69. The molecule has 1 aliphatic rings. The average molecular weight is 431 g/mol. The number of hydrogen-bond acceptors (Lipinski definition) is 4. The molecule has 9 heteroatoms. The van der Waals surface area contributed by atoms with Crippen LogP contribution in [0.5, 0.6) is 0 Å². The minimum atomic E-state index is -3.76. The van der Waals surface area contributed by atoms with Gasteiger partial charge in [0.2, 0.25) is 15.9 Å². The second kappa shape index (κ2) is 8.45. The van der Waals surface area contributed by atoms with Gasteiger partial charge in [0.05, 0.1) is 0 Å². The summed E-state index contributed by atoms with van der Waals surface area (Å²) in [7, 11) is -2.20. The molecule has 1 fully saturated rings. The molecule has 0 aliphatic carbocycles. The van der Waals surface area contributed by atoms with Crippen LogP contribution in [0.25, 0.3) is 6.08 Å². The first-order valence-corrected chi connectivity index (χ1v) is 11.0. The van der Waals surface area contributed by atoms with Crippen LogP contribution in [0.1, 0.15) is 27.2 Å². The van der Waals surface area contributed by atoms with E-state index in [0.29, 0.717) is 13.1 Å². The topological polar surface area (TPSA) is 106 Å². The van der Waals surface area contributed by atoms with Gasteiger partial charge in [0, 0.05) is 45.5 Å². The van der Waals surface area contributed by atoms with Crippen molar-refractivity contribution in [3.05, 3.63) is 58.9 Å². The lowest BCUT2D eigenvalue weighted by molar-refractivity contribution is -0.127. The number of rotatable bonds is 5. The van der Waals surface area contributed by atoms with E-state index in [1.165, 1.54) is 27.2 Å². The van der Waals surface area contributed by atoms with Gasteiger partial charge in [-0.2, -0.15) is 4.31 Å². The van der Waals surface area contributed by atoms with Crippen LogP contribution in [0.3, 0.4) is 0 Å². The summed E-state index contributed by atoms with van der Waals surface area (Å²) in [5.41, 5.74) is 8.62. The number of aryl methyl sites for hydroxylation is 3. The largest absolute Gasteiger partial charge is 0.364 e. The number of piperazine rings is 1. The standard InChI is InChI=1S/C21H26N4O4S/c1-15-4-5-17(16(2)12-15)6-7-20(26)24-8-10-25(11-9-24)30(28,29)18-13-19(21(22)27)23(3)14-18/h4-7,12-14H,8-11H2,1-3H3,(H2,22,27)/b7-6+. The number of hydrogen-bond donors (Lipinski definition) is 1. The molecule has 2 N–H and O–H groups in total. The molecule has 2 amide bonds. The summed E-state index contributed by atoms with van der Waals surface area (Å²) in [6.45, 7) is 4.98. The van der Waals surface area contributed by atoms with Gasteiger partial charge in [0.1, 0.15) is 10.6 Å². The number of carbonyl (C=O) groups is 2. The number of aromatic nitrogens is 1. The quantitative estimate of drug-likeness (QED) is 0.722. The van der Waals surface area contributed by atoms with Crippen molar-refractivity contribution in [2.75, 3.05) is 26.2 Å². The number of amides is 2. The third-order valence-electron chi connectivity index (χ3n) is 5.25. The predicted molar refractivity (Wildman–Crippen MR) is 114 cm³/mol. The maximum Gasteiger partial charge on any atom is 0.265 e. The molecule has 0 bridgehead atoms. The van der Waals surface area contributed by atoms with E-state index >= 15 is 0 Å². The Balaban J connectivity index is 1.65. The van der Waals surface area contributed by atoms with Crippen molar-refractivity contribution in [2.24, 2.45) is 12.8 Å². The molecular formula is C21H26N4O4S. The fourth-order valence-corrected chi connectivity index (χ4v) is 4.99. The summed E-state index contributed by atoms with van der Waals surface area (Å²) >= 11 is 0. The van der Waals surface area contributed by atoms with Gasteiger partial charge in [-0.3, -0.25) is 9.59 Å². The minimum Gasteiger partial charge on any atom is -0.364 e. The molecule has 1 aliphatic heterocycles. The highest BCUT2D eigenvalue weighted by Gasteiger charge is 2.31. The van der Waals surface area contributed by atoms with Crippen molar-refractivity contribution in [3.8, 4) is 0 Å². The van der Waals surface area contributed by atoms with Crippen molar-refractivity contribution in [1.82, 2.24) is 13.8 Å². The van der Waals surface area contributed by atoms with E-state index in [0.717, 1.165) is 16.7 Å². The van der Waals surface area contributed by atoms with E-state index in [1.807, 2.05) is 26.0 Å². The summed E-state index contributed by atoms with van der Waals surface area (Å²) in [5, 5.41) is 0. The van der Waals surface area contributed by atoms with Gasteiger partial charge in [-0.1, -0.05) is 23.8 Å². The monoisotopic (exact) mass is 430 g/mol. The first kappa shape index (κ1) is 21.8. The molecule has 2 aromatic rings. The summed E-state index contributed by atoms with van der Waals surface area (Å²) < 4.78 is 28.5. The number of benzene rings is 1. The summed E-state index contributed by atoms with van der Waals surface area (Å²) in [4.78, 5) is 25.6. The second-order valence-electron chi connectivity index (χ2n) is 7.46. The first-order valence-electron chi connectivity index (χ1n) is 9.60. The number of primary amides is 1. The van der Waals surface area contributed by atoms with E-state index in [4.69, 9.17) is 5.73 Å². The molecule has 0 radical (unpaired) electrons. The van der Waals surface area contributed by atoms with Crippen LogP contribution >= 0.6 is 0 Å². The minimum absolute atomic E-state index is 0.0216. The first-order chi connectivity index (χ1) is 14.1. The Morgan fingerprint density at radius 2 is 1.73 bits per heavy atom. The maximum atomic E-state index is 12.9. The van der Waals surface area contributed by atoms with Crippen molar-refractivity contribution < 1.29 is 18.0 Å².